The highest BCUT2D eigenvalue weighted by Gasteiger charge is 2.44. The van der Waals surface area contributed by atoms with E-state index in [2.05, 4.69) is 5.32 Å². The summed E-state index contributed by atoms with van der Waals surface area (Å²) in [5.74, 6) is -1.07. The Morgan fingerprint density at radius 3 is 2.16 bits per heavy atom. The van der Waals surface area contributed by atoms with Crippen LogP contribution in [0.15, 0.2) is 112 Å². The van der Waals surface area contributed by atoms with Gasteiger partial charge in [-0.3, -0.25) is 9.59 Å². The van der Waals surface area contributed by atoms with E-state index in [4.69, 9.17) is 14.9 Å². The maximum atomic E-state index is 13.1. The molecule has 0 aliphatic heterocycles. The molecule has 0 saturated carbocycles. The Kier molecular flexibility index (Phi) is 8.08. The molecule has 10 heteroatoms. The minimum atomic E-state index is -4.03. The molecule has 43 heavy (non-hydrogen) atoms. The Bertz CT molecular complexity index is 1880. The van der Waals surface area contributed by atoms with Gasteiger partial charge in [0.2, 0.25) is 0 Å². The van der Waals surface area contributed by atoms with Crippen molar-refractivity contribution >= 4 is 38.4 Å². The van der Waals surface area contributed by atoms with Crippen LogP contribution in [0.2, 0.25) is 0 Å². The highest BCUT2D eigenvalue weighted by atomic mass is 32.2. The van der Waals surface area contributed by atoms with Crippen LogP contribution in [0, 0.1) is 0 Å². The normalized spacial score (nSPS) is 12.5. The number of fused-ring (bicyclic) bond motifs is 1. The van der Waals surface area contributed by atoms with Crippen molar-refractivity contribution in [1.29, 1.82) is 0 Å². The number of carbonyl (C=O) groups is 2. The number of hydrogen-bond acceptors (Lipinski definition) is 7. The van der Waals surface area contributed by atoms with E-state index in [1.165, 1.54) is 26.0 Å². The zero-order valence-electron chi connectivity index (χ0n) is 23.5. The van der Waals surface area contributed by atoms with E-state index in [0.29, 0.717) is 29.0 Å². The monoisotopic (exact) mass is 598 g/mol. The summed E-state index contributed by atoms with van der Waals surface area (Å²) in [7, 11) is -4.03. The standard InChI is InChI=1S/C33H30N2O7S/c1-33(2,30(34)32(37)38)43(39,40)25-17-13-23(14-18-25)22-11-15-24(16-12-22)35-31(36)29-19-26-27(9-6-10-28(26)42-29)41-20-21-7-4-3-5-8-21/h3-19,30H,20,34H2,1-2H3,(H,35,36)(H,37,38)/t30-/m1/s1. The molecule has 0 aliphatic rings. The van der Waals surface area contributed by atoms with Gasteiger partial charge in [0.05, 0.1) is 15.0 Å². The van der Waals surface area contributed by atoms with Gasteiger partial charge in [-0.1, -0.05) is 60.7 Å². The molecular formula is C33H30N2O7S. The molecule has 5 aromatic rings. The lowest BCUT2D eigenvalue weighted by atomic mass is 10.0. The first-order valence-corrected chi connectivity index (χ1v) is 14.9. The number of benzene rings is 4. The molecule has 0 aliphatic carbocycles. The first kappa shape index (κ1) is 29.6. The number of rotatable bonds is 10. The number of nitrogens with one attached hydrogen (secondary N) is 1. The number of sulfone groups is 1. The van der Waals surface area contributed by atoms with E-state index in [1.807, 2.05) is 36.4 Å². The van der Waals surface area contributed by atoms with Gasteiger partial charge in [-0.2, -0.15) is 0 Å². The summed E-state index contributed by atoms with van der Waals surface area (Å²) in [5.41, 5.74) is 9.28. The Labute approximate surface area is 248 Å². The third kappa shape index (κ3) is 6.01. The van der Waals surface area contributed by atoms with Crippen molar-refractivity contribution in [3.63, 3.8) is 0 Å². The van der Waals surface area contributed by atoms with Crippen molar-refractivity contribution in [2.45, 2.75) is 36.1 Å². The summed E-state index contributed by atoms with van der Waals surface area (Å²) in [6.45, 7) is 2.98. The number of hydrogen-bond donors (Lipinski definition) is 3. The van der Waals surface area contributed by atoms with Crippen LogP contribution in [0.25, 0.3) is 22.1 Å². The second kappa shape index (κ2) is 11.7. The van der Waals surface area contributed by atoms with Crippen molar-refractivity contribution in [2.24, 2.45) is 5.73 Å². The van der Waals surface area contributed by atoms with Crippen LogP contribution in [-0.2, 0) is 21.2 Å². The predicted octanol–water partition coefficient (Wildman–Crippen LogP) is 5.90. The number of furan rings is 1. The third-order valence-electron chi connectivity index (χ3n) is 7.33. The van der Waals surface area contributed by atoms with E-state index in [0.717, 1.165) is 16.7 Å². The lowest BCUT2D eigenvalue weighted by Crippen LogP contribution is -2.53. The van der Waals surface area contributed by atoms with Gasteiger partial charge in [0.25, 0.3) is 5.91 Å². The van der Waals surface area contributed by atoms with Gasteiger partial charge in [0.15, 0.2) is 15.6 Å². The fourth-order valence-corrected chi connectivity index (χ4v) is 6.08. The van der Waals surface area contributed by atoms with Gasteiger partial charge >= 0.3 is 5.97 Å². The van der Waals surface area contributed by atoms with E-state index >= 15 is 0 Å². The molecule has 1 heterocycles. The molecule has 5 rings (SSSR count). The maximum Gasteiger partial charge on any atom is 0.322 e. The molecule has 9 nitrogen and oxygen atoms in total. The summed E-state index contributed by atoms with van der Waals surface area (Å²) >= 11 is 0. The third-order valence-corrected chi connectivity index (χ3v) is 9.86. The molecule has 1 aromatic heterocycles. The second-order valence-electron chi connectivity index (χ2n) is 10.5. The van der Waals surface area contributed by atoms with Crippen LogP contribution in [0.1, 0.15) is 30.0 Å². The van der Waals surface area contributed by atoms with Gasteiger partial charge in [0.1, 0.15) is 24.0 Å². The fraction of sp³-hybridized carbons (Fsp3) is 0.152. The van der Waals surface area contributed by atoms with Crippen LogP contribution in [0.3, 0.4) is 0 Å². The first-order valence-electron chi connectivity index (χ1n) is 13.4. The van der Waals surface area contributed by atoms with E-state index in [9.17, 15) is 23.1 Å². The Morgan fingerprint density at radius 1 is 0.907 bits per heavy atom. The fourth-order valence-electron chi connectivity index (χ4n) is 4.54. The van der Waals surface area contributed by atoms with E-state index in [-0.39, 0.29) is 10.7 Å². The Balaban J connectivity index is 1.27. The zero-order chi connectivity index (χ0) is 30.8. The summed E-state index contributed by atoms with van der Waals surface area (Å²) in [5, 5.41) is 12.8. The Hall–Kier alpha value is -4.93. The van der Waals surface area contributed by atoms with E-state index < -0.39 is 32.5 Å². The van der Waals surface area contributed by atoms with Gasteiger partial charge < -0.3 is 25.3 Å². The molecule has 0 fully saturated rings. The SMILES string of the molecule is CC(C)([C@H](N)C(=O)O)S(=O)(=O)c1ccc(-c2ccc(NC(=O)c3cc4c(OCc5ccccc5)cccc4o3)cc2)cc1. The number of carboxylic acids is 1. The summed E-state index contributed by atoms with van der Waals surface area (Å²) in [6, 6.07) is 28.4. The molecular weight excluding hydrogens is 568 g/mol. The van der Waals surface area contributed by atoms with Crippen LogP contribution >= 0.6 is 0 Å². The number of ether oxygens (including phenoxy) is 1. The maximum absolute atomic E-state index is 13.1. The van der Waals surface area contributed by atoms with Crippen LogP contribution in [-0.4, -0.2) is 36.2 Å². The van der Waals surface area contributed by atoms with Gasteiger partial charge in [-0.25, -0.2) is 8.42 Å². The molecule has 220 valence electrons. The van der Waals surface area contributed by atoms with Crippen molar-refractivity contribution in [1.82, 2.24) is 0 Å². The highest BCUT2D eigenvalue weighted by molar-refractivity contribution is 7.92. The lowest BCUT2D eigenvalue weighted by molar-refractivity contribution is -0.139. The number of nitrogens with two attached hydrogens (primary N) is 1. The molecule has 1 atom stereocenters. The topological polar surface area (TPSA) is 149 Å². The van der Waals surface area contributed by atoms with E-state index in [1.54, 1.807) is 54.6 Å². The van der Waals surface area contributed by atoms with Crippen LogP contribution in [0.5, 0.6) is 5.75 Å². The average molecular weight is 599 g/mol. The number of anilines is 1. The minimum absolute atomic E-state index is 0.0266. The van der Waals surface area contributed by atoms with Gasteiger partial charge in [-0.15, -0.1) is 0 Å². The number of amides is 1. The molecule has 4 N–H and O–H groups in total. The van der Waals surface area contributed by atoms with Crippen molar-refractivity contribution < 1.29 is 32.3 Å². The lowest BCUT2D eigenvalue weighted by Gasteiger charge is -2.28. The summed E-state index contributed by atoms with van der Waals surface area (Å²) < 4.78 is 36.2. The largest absolute Gasteiger partial charge is 0.488 e. The van der Waals surface area contributed by atoms with Crippen LogP contribution in [0.4, 0.5) is 5.69 Å². The molecule has 0 unspecified atom stereocenters. The summed E-state index contributed by atoms with van der Waals surface area (Å²) in [6.07, 6.45) is 0. The Morgan fingerprint density at radius 2 is 1.53 bits per heavy atom. The van der Waals surface area contributed by atoms with Crippen LogP contribution < -0.4 is 15.8 Å². The zero-order valence-corrected chi connectivity index (χ0v) is 24.3. The van der Waals surface area contributed by atoms with Crippen molar-refractivity contribution in [3.8, 4) is 16.9 Å². The number of aliphatic carboxylic acids is 1. The first-order chi connectivity index (χ1) is 20.5. The minimum Gasteiger partial charge on any atom is -0.488 e. The number of carboxylic acid groups (broad SMARTS) is 1. The van der Waals surface area contributed by atoms with Crippen molar-refractivity contribution in [3.05, 3.63) is 114 Å². The molecule has 0 radical (unpaired) electrons. The van der Waals surface area contributed by atoms with Gasteiger partial charge in [-0.05, 0) is 66.9 Å². The van der Waals surface area contributed by atoms with Crippen molar-refractivity contribution in [2.75, 3.05) is 5.32 Å². The number of carbonyl (C=O) groups excluding carboxylic acids is 1. The summed E-state index contributed by atoms with van der Waals surface area (Å²) in [4.78, 5) is 24.3. The second-order valence-corrected chi connectivity index (χ2v) is 13.1. The average Bonchev–Trinajstić information content (AvgIpc) is 3.46. The quantitative estimate of drug-likeness (QED) is 0.180. The molecule has 0 bridgehead atoms. The predicted molar refractivity (Wildman–Crippen MR) is 164 cm³/mol. The smallest absolute Gasteiger partial charge is 0.322 e. The molecule has 0 spiro atoms. The molecule has 1 amide bonds. The highest BCUT2D eigenvalue weighted by Crippen LogP contribution is 2.32. The van der Waals surface area contributed by atoms with Gasteiger partial charge in [0, 0.05) is 11.8 Å². The molecule has 4 aromatic carbocycles. The molecule has 0 saturated heterocycles.